The summed E-state index contributed by atoms with van der Waals surface area (Å²) in [6.45, 7) is 1.45. The van der Waals surface area contributed by atoms with E-state index in [0.29, 0.717) is 6.42 Å². The van der Waals surface area contributed by atoms with Crippen molar-refractivity contribution >= 4 is 27.3 Å². The van der Waals surface area contributed by atoms with Crippen LogP contribution in [-0.2, 0) is 9.84 Å². The van der Waals surface area contributed by atoms with Crippen LogP contribution in [0.1, 0.15) is 12.1 Å². The number of hydrogen-bond donors (Lipinski definition) is 2. The Morgan fingerprint density at radius 2 is 2.16 bits per heavy atom. The minimum absolute atomic E-state index is 0.0305. The summed E-state index contributed by atoms with van der Waals surface area (Å²) in [6.07, 6.45) is 0.391. The van der Waals surface area contributed by atoms with E-state index in [1.807, 2.05) is 0 Å². The average Bonchev–Trinajstić information content (AvgIpc) is 2.56. The highest BCUT2D eigenvalue weighted by Crippen LogP contribution is 2.28. The molecule has 0 spiro atoms. The number of nitrogens with two attached hydrogens (primary N) is 1. The van der Waals surface area contributed by atoms with Crippen LogP contribution >= 0.6 is 0 Å². The summed E-state index contributed by atoms with van der Waals surface area (Å²) in [6, 6.07) is -0.391. The highest BCUT2D eigenvalue weighted by atomic mass is 32.2. The monoisotopic (exact) mass is 287 g/mol. The standard InChI is InChI=1S/C9H13N5O4S/c1-5-7(14(15)16)8(13-9(10)11-5)12-6-2-3-19(17,18)4-6/h6H,2-4H2,1H3,(H3,10,11,12,13). The summed E-state index contributed by atoms with van der Waals surface area (Å²) >= 11 is 0. The molecule has 0 saturated carbocycles. The molecule has 1 aromatic rings. The van der Waals surface area contributed by atoms with Crippen molar-refractivity contribution in [3.63, 3.8) is 0 Å². The maximum atomic E-state index is 11.4. The van der Waals surface area contributed by atoms with E-state index in [-0.39, 0.29) is 34.7 Å². The molecule has 2 rings (SSSR count). The van der Waals surface area contributed by atoms with Gasteiger partial charge in [-0.25, -0.2) is 13.4 Å². The van der Waals surface area contributed by atoms with E-state index in [9.17, 15) is 18.5 Å². The molecule has 2 heterocycles. The van der Waals surface area contributed by atoms with E-state index in [2.05, 4.69) is 15.3 Å². The first-order valence-corrected chi connectivity index (χ1v) is 7.36. The van der Waals surface area contributed by atoms with Gasteiger partial charge < -0.3 is 11.1 Å². The molecular weight excluding hydrogens is 274 g/mol. The molecular formula is C9H13N5O4S. The molecule has 104 valence electrons. The van der Waals surface area contributed by atoms with Gasteiger partial charge in [-0.15, -0.1) is 0 Å². The topological polar surface area (TPSA) is 141 Å². The number of nitro groups is 1. The van der Waals surface area contributed by atoms with Gasteiger partial charge in [0, 0.05) is 6.04 Å². The molecule has 0 amide bonds. The Balaban J connectivity index is 2.32. The Hall–Kier alpha value is -1.97. The molecule has 0 aliphatic carbocycles. The number of nitrogens with zero attached hydrogens (tertiary/aromatic N) is 3. The first kappa shape index (κ1) is 13.5. The molecule has 1 fully saturated rings. The van der Waals surface area contributed by atoms with E-state index in [1.54, 1.807) is 0 Å². The van der Waals surface area contributed by atoms with Crippen LogP contribution in [0.15, 0.2) is 0 Å². The molecule has 1 atom stereocenters. The minimum atomic E-state index is -3.08. The predicted molar refractivity (Wildman–Crippen MR) is 68.5 cm³/mol. The molecule has 9 nitrogen and oxygen atoms in total. The van der Waals surface area contributed by atoms with Crippen molar-refractivity contribution in [2.45, 2.75) is 19.4 Å². The number of sulfone groups is 1. The Labute approximate surface area is 109 Å². The molecule has 1 unspecified atom stereocenters. The van der Waals surface area contributed by atoms with Crippen LogP contribution in [0.3, 0.4) is 0 Å². The van der Waals surface area contributed by atoms with Gasteiger partial charge >= 0.3 is 5.69 Å². The first-order chi connectivity index (χ1) is 8.78. The summed E-state index contributed by atoms with van der Waals surface area (Å²) in [4.78, 5) is 17.9. The molecule has 1 aliphatic rings. The fourth-order valence-corrected chi connectivity index (χ4v) is 3.68. The summed E-state index contributed by atoms with van der Waals surface area (Å²) < 4.78 is 22.7. The fraction of sp³-hybridized carbons (Fsp3) is 0.556. The van der Waals surface area contributed by atoms with Gasteiger partial charge in [0.15, 0.2) is 9.84 Å². The number of aryl methyl sites for hydroxylation is 1. The maximum Gasteiger partial charge on any atom is 0.332 e. The lowest BCUT2D eigenvalue weighted by atomic mass is 10.2. The lowest BCUT2D eigenvalue weighted by Gasteiger charge is -2.12. The van der Waals surface area contributed by atoms with Gasteiger partial charge in [0.2, 0.25) is 11.8 Å². The van der Waals surface area contributed by atoms with E-state index in [4.69, 9.17) is 5.73 Å². The van der Waals surface area contributed by atoms with Gasteiger partial charge in [-0.05, 0) is 13.3 Å². The molecule has 10 heteroatoms. The second kappa shape index (κ2) is 4.61. The Kier molecular flexibility index (Phi) is 3.27. The number of anilines is 2. The lowest BCUT2D eigenvalue weighted by molar-refractivity contribution is -0.385. The number of nitrogen functional groups attached to an aromatic ring is 1. The minimum Gasteiger partial charge on any atom is -0.368 e. The molecule has 0 radical (unpaired) electrons. The number of aromatic nitrogens is 2. The summed E-state index contributed by atoms with van der Waals surface area (Å²) in [5.41, 5.74) is 5.31. The second-order valence-corrected chi connectivity index (χ2v) is 6.59. The zero-order chi connectivity index (χ0) is 14.2. The fourth-order valence-electron chi connectivity index (χ4n) is 2.01. The van der Waals surface area contributed by atoms with Crippen LogP contribution in [-0.4, -0.2) is 40.9 Å². The normalized spacial score (nSPS) is 21.2. The third-order valence-corrected chi connectivity index (χ3v) is 4.60. The van der Waals surface area contributed by atoms with Gasteiger partial charge in [0.05, 0.1) is 16.4 Å². The van der Waals surface area contributed by atoms with E-state index < -0.39 is 20.8 Å². The molecule has 0 aromatic carbocycles. The van der Waals surface area contributed by atoms with Crippen molar-refractivity contribution in [2.75, 3.05) is 22.6 Å². The second-order valence-electron chi connectivity index (χ2n) is 4.37. The number of hydrogen-bond acceptors (Lipinski definition) is 8. The largest absolute Gasteiger partial charge is 0.368 e. The smallest absolute Gasteiger partial charge is 0.332 e. The molecule has 19 heavy (non-hydrogen) atoms. The quantitative estimate of drug-likeness (QED) is 0.578. The van der Waals surface area contributed by atoms with Crippen LogP contribution < -0.4 is 11.1 Å². The van der Waals surface area contributed by atoms with E-state index >= 15 is 0 Å². The van der Waals surface area contributed by atoms with E-state index in [1.165, 1.54) is 6.92 Å². The van der Waals surface area contributed by atoms with Gasteiger partial charge in [-0.1, -0.05) is 0 Å². The van der Waals surface area contributed by atoms with Crippen molar-refractivity contribution in [3.05, 3.63) is 15.8 Å². The third kappa shape index (κ3) is 2.89. The summed E-state index contributed by atoms with van der Waals surface area (Å²) in [7, 11) is -3.08. The van der Waals surface area contributed by atoms with Crippen molar-refractivity contribution in [3.8, 4) is 0 Å². The van der Waals surface area contributed by atoms with Crippen LogP contribution in [0.25, 0.3) is 0 Å². The van der Waals surface area contributed by atoms with Gasteiger partial charge in [0.25, 0.3) is 0 Å². The SMILES string of the molecule is Cc1nc(N)nc(NC2CCS(=O)(=O)C2)c1[N+](=O)[O-]. The number of rotatable bonds is 3. The van der Waals surface area contributed by atoms with E-state index in [0.717, 1.165) is 0 Å². The Bertz CT molecular complexity index is 630. The third-order valence-electron chi connectivity index (χ3n) is 2.83. The van der Waals surface area contributed by atoms with Crippen LogP contribution in [0.5, 0.6) is 0 Å². The molecule has 1 aliphatic heterocycles. The predicted octanol–water partition coefficient (Wildman–Crippen LogP) is -0.126. The zero-order valence-electron chi connectivity index (χ0n) is 10.2. The molecule has 1 aromatic heterocycles. The van der Waals surface area contributed by atoms with Crippen LogP contribution in [0.4, 0.5) is 17.5 Å². The Morgan fingerprint density at radius 3 is 2.68 bits per heavy atom. The van der Waals surface area contributed by atoms with Crippen LogP contribution in [0, 0.1) is 17.0 Å². The Morgan fingerprint density at radius 1 is 1.47 bits per heavy atom. The maximum absolute atomic E-state index is 11.4. The molecule has 0 bridgehead atoms. The first-order valence-electron chi connectivity index (χ1n) is 5.54. The van der Waals surface area contributed by atoms with Crippen LogP contribution in [0.2, 0.25) is 0 Å². The highest BCUT2D eigenvalue weighted by Gasteiger charge is 2.31. The van der Waals surface area contributed by atoms with Crippen molar-refractivity contribution in [2.24, 2.45) is 0 Å². The average molecular weight is 287 g/mol. The summed E-state index contributed by atoms with van der Waals surface area (Å²) in [5.74, 6) is -0.117. The van der Waals surface area contributed by atoms with Crippen molar-refractivity contribution < 1.29 is 13.3 Å². The molecule has 3 N–H and O–H groups in total. The van der Waals surface area contributed by atoms with Crippen molar-refractivity contribution in [1.29, 1.82) is 0 Å². The van der Waals surface area contributed by atoms with Crippen molar-refractivity contribution in [1.82, 2.24) is 9.97 Å². The van der Waals surface area contributed by atoms with Gasteiger partial charge in [-0.2, -0.15) is 4.98 Å². The zero-order valence-corrected chi connectivity index (χ0v) is 11.0. The highest BCUT2D eigenvalue weighted by molar-refractivity contribution is 7.91. The van der Waals surface area contributed by atoms with Gasteiger partial charge in [0.1, 0.15) is 5.69 Å². The molecule has 1 saturated heterocycles. The van der Waals surface area contributed by atoms with Gasteiger partial charge in [-0.3, -0.25) is 10.1 Å². The lowest BCUT2D eigenvalue weighted by Crippen LogP contribution is -2.22. The number of nitrogens with one attached hydrogen (secondary N) is 1. The summed E-state index contributed by atoms with van der Waals surface area (Å²) in [5, 5.41) is 13.8.